The highest BCUT2D eigenvalue weighted by molar-refractivity contribution is 7.92. The van der Waals surface area contributed by atoms with E-state index in [0.717, 1.165) is 22.7 Å². The third kappa shape index (κ3) is 3.13. The number of rotatable bonds is 4. The summed E-state index contributed by atoms with van der Waals surface area (Å²) >= 11 is 0. The number of carbonyl (C=O) groups is 1. The highest BCUT2D eigenvalue weighted by atomic mass is 32.2. The van der Waals surface area contributed by atoms with Gasteiger partial charge < -0.3 is 10.0 Å². The van der Waals surface area contributed by atoms with Gasteiger partial charge >= 0.3 is 0 Å². The van der Waals surface area contributed by atoms with Crippen molar-refractivity contribution >= 4 is 32.5 Å². The van der Waals surface area contributed by atoms with Gasteiger partial charge in [-0.3, -0.25) is 14.1 Å². The first-order chi connectivity index (χ1) is 14.1. The molecule has 1 aromatic heterocycles. The summed E-state index contributed by atoms with van der Waals surface area (Å²) in [5.41, 5.74) is 0.633. The Labute approximate surface area is 171 Å². The number of aromatic nitrogens is 1. The highest BCUT2D eigenvalue weighted by Gasteiger charge is 2.37. The Morgan fingerprint density at radius 2 is 2.00 bits per heavy atom. The number of aromatic hydroxyl groups is 1. The molecule has 2 aromatic carbocycles. The first-order valence-electron chi connectivity index (χ1n) is 8.89. The molecule has 156 valence electrons. The van der Waals surface area contributed by atoms with Crippen molar-refractivity contribution in [3.8, 4) is 5.75 Å². The third-order valence-corrected chi connectivity index (χ3v) is 6.33. The third-order valence-electron chi connectivity index (χ3n) is 5.15. The number of hydrogen-bond acceptors (Lipinski definition) is 5. The molecule has 1 N–H and O–H groups in total. The summed E-state index contributed by atoms with van der Waals surface area (Å²) in [6.07, 6.45) is 2.45. The first-order valence-corrected chi connectivity index (χ1v) is 10.7. The van der Waals surface area contributed by atoms with E-state index in [-0.39, 0.29) is 41.2 Å². The Hall–Kier alpha value is -3.27. The van der Waals surface area contributed by atoms with Crippen LogP contribution in [0.2, 0.25) is 0 Å². The van der Waals surface area contributed by atoms with Crippen LogP contribution in [0.3, 0.4) is 0 Å². The molecular formula is C20H17F2N3O4S. The molecule has 7 nitrogen and oxygen atoms in total. The zero-order chi connectivity index (χ0) is 21.8. The predicted molar refractivity (Wildman–Crippen MR) is 107 cm³/mol. The highest BCUT2D eigenvalue weighted by Crippen LogP contribution is 2.44. The van der Waals surface area contributed by atoms with Crippen molar-refractivity contribution in [1.29, 1.82) is 0 Å². The average Bonchev–Trinajstić information content (AvgIpc) is 3.00. The number of phenols is 1. The molecule has 1 amide bonds. The molecule has 3 aromatic rings. The number of anilines is 1. The van der Waals surface area contributed by atoms with E-state index in [4.69, 9.17) is 0 Å². The van der Waals surface area contributed by atoms with E-state index in [1.54, 1.807) is 12.1 Å². The predicted octanol–water partition coefficient (Wildman–Crippen LogP) is 2.77. The van der Waals surface area contributed by atoms with Crippen LogP contribution in [0.25, 0.3) is 10.9 Å². The van der Waals surface area contributed by atoms with Crippen molar-refractivity contribution < 1.29 is 27.1 Å². The van der Waals surface area contributed by atoms with E-state index in [1.807, 2.05) is 0 Å². The van der Waals surface area contributed by atoms with E-state index in [1.165, 1.54) is 24.2 Å². The van der Waals surface area contributed by atoms with E-state index in [9.17, 15) is 27.1 Å². The number of halogens is 2. The number of carbonyl (C=O) groups excluding carboxylic acids is 1. The first kappa shape index (κ1) is 20.0. The lowest BCUT2D eigenvalue weighted by atomic mass is 10.0. The van der Waals surface area contributed by atoms with Gasteiger partial charge in [0.05, 0.1) is 17.5 Å². The Morgan fingerprint density at radius 1 is 1.27 bits per heavy atom. The molecule has 1 aliphatic heterocycles. The van der Waals surface area contributed by atoms with Gasteiger partial charge in [0.1, 0.15) is 17.2 Å². The molecule has 0 atom stereocenters. The minimum atomic E-state index is -3.69. The minimum absolute atomic E-state index is 0.0570. The lowest BCUT2D eigenvalue weighted by molar-refractivity contribution is 0.0763. The van der Waals surface area contributed by atoms with Gasteiger partial charge in [0.2, 0.25) is 10.0 Å². The Balaban J connectivity index is 1.89. The minimum Gasteiger partial charge on any atom is -0.505 e. The molecule has 0 bridgehead atoms. The Bertz CT molecular complexity index is 1310. The molecule has 4 rings (SSSR count). The van der Waals surface area contributed by atoms with Gasteiger partial charge in [0, 0.05) is 48.9 Å². The van der Waals surface area contributed by atoms with Gasteiger partial charge in [0.25, 0.3) is 5.91 Å². The Morgan fingerprint density at radius 3 is 2.67 bits per heavy atom. The van der Waals surface area contributed by atoms with Crippen molar-refractivity contribution in [2.24, 2.45) is 0 Å². The number of amides is 1. The number of benzene rings is 2. The summed E-state index contributed by atoms with van der Waals surface area (Å²) in [6, 6.07) is 6.25. The molecular weight excluding hydrogens is 416 g/mol. The molecule has 0 fully saturated rings. The van der Waals surface area contributed by atoms with Gasteiger partial charge in [-0.15, -0.1) is 0 Å². The van der Waals surface area contributed by atoms with Crippen LogP contribution in [-0.2, 0) is 23.1 Å². The molecule has 1 aliphatic rings. The summed E-state index contributed by atoms with van der Waals surface area (Å²) in [5, 5.41) is 11.1. The van der Waals surface area contributed by atoms with Crippen LogP contribution in [0, 0.1) is 11.6 Å². The van der Waals surface area contributed by atoms with Crippen molar-refractivity contribution in [2.75, 3.05) is 17.6 Å². The topological polar surface area (TPSA) is 90.8 Å². The average molecular weight is 433 g/mol. The molecule has 30 heavy (non-hydrogen) atoms. The summed E-state index contributed by atoms with van der Waals surface area (Å²) < 4.78 is 52.8. The maximum Gasteiger partial charge on any atom is 0.258 e. The van der Waals surface area contributed by atoms with Crippen LogP contribution in [0.4, 0.5) is 14.5 Å². The van der Waals surface area contributed by atoms with E-state index in [2.05, 4.69) is 4.98 Å². The van der Waals surface area contributed by atoms with Crippen molar-refractivity contribution in [3.05, 3.63) is 64.9 Å². The molecule has 0 aliphatic carbocycles. The van der Waals surface area contributed by atoms with Gasteiger partial charge in [-0.25, -0.2) is 17.2 Å². The van der Waals surface area contributed by atoms with Crippen molar-refractivity contribution in [1.82, 2.24) is 9.88 Å². The number of sulfonamides is 1. The number of fused-ring (bicyclic) bond motifs is 2. The second-order valence-electron chi connectivity index (χ2n) is 7.08. The van der Waals surface area contributed by atoms with Gasteiger partial charge in [-0.1, -0.05) is 6.07 Å². The maximum absolute atomic E-state index is 14.1. The summed E-state index contributed by atoms with van der Waals surface area (Å²) in [4.78, 5) is 18.4. The fraction of sp³-hybridized carbons (Fsp3) is 0.200. The second kappa shape index (κ2) is 6.91. The molecule has 0 saturated carbocycles. The maximum atomic E-state index is 14.1. The van der Waals surface area contributed by atoms with E-state index >= 15 is 0 Å². The molecule has 2 heterocycles. The fourth-order valence-corrected chi connectivity index (χ4v) is 4.18. The van der Waals surface area contributed by atoms with Gasteiger partial charge in [-0.05, 0) is 18.2 Å². The standard InChI is InChI=1S/C20H17F2N3O4S/c1-24(30(2,28)29)18-13-4-3-7-23-17(13)19(26)16-14(18)10-25(20(16)27)9-11-5-6-12(21)8-15(11)22/h3-8,26H,9-10H2,1-2H3. The molecule has 0 saturated heterocycles. The molecule has 0 unspecified atom stereocenters. The van der Waals surface area contributed by atoms with Gasteiger partial charge in [-0.2, -0.15) is 0 Å². The SMILES string of the molecule is CN(c1c2c(c(O)c3ncccc13)C(=O)N(Cc1ccc(F)cc1F)C2)S(C)(=O)=O. The fourth-order valence-electron chi connectivity index (χ4n) is 3.64. The van der Waals surface area contributed by atoms with Crippen LogP contribution in [0.15, 0.2) is 36.5 Å². The van der Waals surface area contributed by atoms with Crippen LogP contribution in [0.5, 0.6) is 5.75 Å². The molecule has 10 heteroatoms. The zero-order valence-electron chi connectivity index (χ0n) is 16.1. The number of pyridine rings is 1. The quantitative estimate of drug-likeness (QED) is 0.683. The lowest BCUT2D eigenvalue weighted by Crippen LogP contribution is -2.26. The largest absolute Gasteiger partial charge is 0.505 e. The molecule has 0 spiro atoms. The number of nitrogens with zero attached hydrogens (tertiary/aromatic N) is 3. The van der Waals surface area contributed by atoms with E-state index < -0.39 is 27.6 Å². The summed E-state index contributed by atoms with van der Waals surface area (Å²) in [7, 11) is -2.35. The normalized spacial score (nSPS) is 13.7. The zero-order valence-corrected chi connectivity index (χ0v) is 16.9. The molecule has 0 radical (unpaired) electrons. The van der Waals surface area contributed by atoms with Crippen LogP contribution in [0.1, 0.15) is 21.5 Å². The van der Waals surface area contributed by atoms with Crippen LogP contribution < -0.4 is 4.31 Å². The smallest absolute Gasteiger partial charge is 0.258 e. The van der Waals surface area contributed by atoms with Gasteiger partial charge in [0.15, 0.2) is 5.75 Å². The van der Waals surface area contributed by atoms with Crippen molar-refractivity contribution in [2.45, 2.75) is 13.1 Å². The van der Waals surface area contributed by atoms with Crippen LogP contribution >= 0.6 is 0 Å². The lowest BCUT2D eigenvalue weighted by Gasteiger charge is -2.22. The van der Waals surface area contributed by atoms with E-state index in [0.29, 0.717) is 10.9 Å². The summed E-state index contributed by atoms with van der Waals surface area (Å²) in [6.45, 7) is -0.233. The van der Waals surface area contributed by atoms with Crippen LogP contribution in [-0.4, -0.2) is 42.6 Å². The monoisotopic (exact) mass is 433 g/mol. The second-order valence-corrected chi connectivity index (χ2v) is 9.09. The Kier molecular flexibility index (Phi) is 4.61. The number of hydrogen-bond donors (Lipinski definition) is 1. The van der Waals surface area contributed by atoms with Crippen molar-refractivity contribution in [3.63, 3.8) is 0 Å². The number of phenolic OH excluding ortho intramolecular Hbond substituents is 1. The summed E-state index contributed by atoms with van der Waals surface area (Å²) in [5.74, 6) is -2.50.